The number of hydrogen-bond acceptors (Lipinski definition) is 3. The molecule has 0 radical (unpaired) electrons. The first-order chi connectivity index (χ1) is 11.1. The highest BCUT2D eigenvalue weighted by Gasteiger charge is 2.25. The molecular formula is C20H34ClNO2. The molecular weight excluding hydrogens is 322 g/mol. The zero-order chi connectivity index (χ0) is 18.4. The van der Waals surface area contributed by atoms with Crippen LogP contribution in [0.15, 0.2) is 12.1 Å². The van der Waals surface area contributed by atoms with E-state index in [-0.39, 0.29) is 11.0 Å². The predicted molar refractivity (Wildman–Crippen MR) is 103 cm³/mol. The van der Waals surface area contributed by atoms with E-state index in [0.717, 1.165) is 29.9 Å². The molecule has 24 heavy (non-hydrogen) atoms. The molecule has 1 rings (SSSR count). The summed E-state index contributed by atoms with van der Waals surface area (Å²) in [7, 11) is 0. The van der Waals surface area contributed by atoms with Gasteiger partial charge in [-0.2, -0.15) is 0 Å². The van der Waals surface area contributed by atoms with E-state index in [1.165, 1.54) is 0 Å². The van der Waals surface area contributed by atoms with E-state index in [1.54, 1.807) is 0 Å². The fourth-order valence-electron chi connectivity index (χ4n) is 3.03. The van der Waals surface area contributed by atoms with E-state index in [1.807, 2.05) is 19.1 Å². The summed E-state index contributed by atoms with van der Waals surface area (Å²) in [6.07, 6.45) is 2.03. The Labute approximate surface area is 153 Å². The van der Waals surface area contributed by atoms with Crippen LogP contribution in [0.5, 0.6) is 11.5 Å². The van der Waals surface area contributed by atoms with Crippen LogP contribution in [-0.2, 0) is 6.54 Å². The summed E-state index contributed by atoms with van der Waals surface area (Å²) in [5, 5.41) is 4.34. The first-order valence-electron chi connectivity index (χ1n) is 8.91. The lowest BCUT2D eigenvalue weighted by atomic mass is 9.82. The van der Waals surface area contributed by atoms with Crippen molar-refractivity contribution in [3.8, 4) is 11.5 Å². The second-order valence-electron chi connectivity index (χ2n) is 8.15. The lowest BCUT2D eigenvalue weighted by Crippen LogP contribution is -2.41. The zero-order valence-electron chi connectivity index (χ0n) is 16.4. The molecule has 138 valence electrons. The number of nitrogens with one attached hydrogen (secondary N) is 1. The molecule has 0 aromatic heterocycles. The maximum atomic E-state index is 6.47. The Bertz CT molecular complexity index is 521. The topological polar surface area (TPSA) is 30.5 Å². The maximum absolute atomic E-state index is 6.47. The van der Waals surface area contributed by atoms with Crippen molar-refractivity contribution in [2.45, 2.75) is 73.4 Å². The summed E-state index contributed by atoms with van der Waals surface area (Å²) in [5.41, 5.74) is 1.34. The van der Waals surface area contributed by atoms with Crippen LogP contribution in [0.2, 0.25) is 5.02 Å². The predicted octanol–water partition coefficient (Wildman–Crippen LogP) is 5.83. The van der Waals surface area contributed by atoms with Crippen molar-refractivity contribution in [2.75, 3.05) is 13.2 Å². The number of rotatable bonds is 9. The summed E-state index contributed by atoms with van der Waals surface area (Å²) < 4.78 is 11.5. The van der Waals surface area contributed by atoms with E-state index in [0.29, 0.717) is 24.8 Å². The highest BCUT2D eigenvalue weighted by molar-refractivity contribution is 6.31. The minimum atomic E-state index is 0.0325. The van der Waals surface area contributed by atoms with Crippen LogP contribution in [0, 0.1) is 5.41 Å². The van der Waals surface area contributed by atoms with Crippen LogP contribution in [0.25, 0.3) is 0 Å². The minimum absolute atomic E-state index is 0.0325. The normalized spacial score (nSPS) is 12.3. The molecule has 0 aliphatic carbocycles. The molecule has 0 bridgehead atoms. The Balaban J connectivity index is 2.89. The van der Waals surface area contributed by atoms with Crippen molar-refractivity contribution in [2.24, 2.45) is 5.41 Å². The third-order valence-electron chi connectivity index (χ3n) is 3.60. The third-order valence-corrected chi connectivity index (χ3v) is 3.96. The van der Waals surface area contributed by atoms with Crippen LogP contribution in [0.1, 0.15) is 66.9 Å². The quantitative estimate of drug-likeness (QED) is 0.604. The van der Waals surface area contributed by atoms with Crippen LogP contribution in [-0.4, -0.2) is 18.8 Å². The van der Waals surface area contributed by atoms with Gasteiger partial charge in [0, 0.05) is 23.2 Å². The minimum Gasteiger partial charge on any atom is -0.490 e. The number of hydrogen-bond donors (Lipinski definition) is 1. The number of ether oxygens (including phenoxy) is 2. The molecule has 0 heterocycles. The average Bonchev–Trinajstić information content (AvgIpc) is 2.43. The Morgan fingerprint density at radius 1 is 1.00 bits per heavy atom. The molecule has 0 saturated carbocycles. The molecule has 3 nitrogen and oxygen atoms in total. The van der Waals surface area contributed by atoms with Crippen molar-refractivity contribution in [3.63, 3.8) is 0 Å². The Kier molecular flexibility index (Phi) is 7.88. The van der Waals surface area contributed by atoms with Crippen molar-refractivity contribution >= 4 is 11.6 Å². The van der Waals surface area contributed by atoms with Crippen LogP contribution < -0.4 is 14.8 Å². The average molecular weight is 356 g/mol. The highest BCUT2D eigenvalue weighted by Crippen LogP contribution is 2.34. The molecule has 1 aromatic rings. The standard InChI is InChI=1S/C20H34ClNO2/c1-8-10-24-18-12-16(21)15(11-17(18)23-9-2)13-22-20(6,7)14-19(3,4)5/h11-12,22H,8-10,13-14H2,1-7H3. The van der Waals surface area contributed by atoms with Gasteiger partial charge in [-0.3, -0.25) is 0 Å². The van der Waals surface area contributed by atoms with Gasteiger partial charge in [0.25, 0.3) is 0 Å². The summed E-state index contributed by atoms with van der Waals surface area (Å²) in [4.78, 5) is 0. The molecule has 1 aromatic carbocycles. The van der Waals surface area contributed by atoms with E-state index in [4.69, 9.17) is 21.1 Å². The van der Waals surface area contributed by atoms with Gasteiger partial charge in [-0.25, -0.2) is 0 Å². The van der Waals surface area contributed by atoms with Crippen LogP contribution >= 0.6 is 11.6 Å². The van der Waals surface area contributed by atoms with Crippen LogP contribution in [0.3, 0.4) is 0 Å². The zero-order valence-corrected chi connectivity index (χ0v) is 17.1. The van der Waals surface area contributed by atoms with Crippen molar-refractivity contribution in [1.82, 2.24) is 5.32 Å². The molecule has 0 fully saturated rings. The second kappa shape index (κ2) is 8.96. The summed E-state index contributed by atoms with van der Waals surface area (Å²) in [6, 6.07) is 3.87. The van der Waals surface area contributed by atoms with Gasteiger partial charge in [-0.05, 0) is 50.7 Å². The monoisotopic (exact) mass is 355 g/mol. The SMILES string of the molecule is CCCOc1cc(Cl)c(CNC(C)(C)CC(C)(C)C)cc1OCC. The van der Waals surface area contributed by atoms with E-state index < -0.39 is 0 Å². The van der Waals surface area contributed by atoms with E-state index >= 15 is 0 Å². The third kappa shape index (κ3) is 7.31. The maximum Gasteiger partial charge on any atom is 0.162 e. The molecule has 4 heteroatoms. The Hall–Kier alpha value is -0.930. The molecule has 0 aliphatic heterocycles. The fourth-order valence-corrected chi connectivity index (χ4v) is 3.25. The lowest BCUT2D eigenvalue weighted by molar-refractivity contribution is 0.240. The molecule has 0 amide bonds. The Morgan fingerprint density at radius 2 is 1.62 bits per heavy atom. The van der Waals surface area contributed by atoms with E-state index in [2.05, 4.69) is 46.9 Å². The lowest BCUT2D eigenvalue weighted by Gasteiger charge is -2.33. The van der Waals surface area contributed by atoms with Gasteiger partial charge in [0.05, 0.1) is 13.2 Å². The molecule has 0 saturated heterocycles. The highest BCUT2D eigenvalue weighted by atomic mass is 35.5. The fraction of sp³-hybridized carbons (Fsp3) is 0.700. The molecule has 0 spiro atoms. The van der Waals surface area contributed by atoms with Gasteiger partial charge in [-0.1, -0.05) is 39.3 Å². The van der Waals surface area contributed by atoms with Crippen molar-refractivity contribution in [1.29, 1.82) is 0 Å². The van der Waals surface area contributed by atoms with Gasteiger partial charge in [0.15, 0.2) is 11.5 Å². The van der Waals surface area contributed by atoms with Gasteiger partial charge in [0.1, 0.15) is 0 Å². The van der Waals surface area contributed by atoms with Gasteiger partial charge >= 0.3 is 0 Å². The van der Waals surface area contributed by atoms with Gasteiger partial charge in [0.2, 0.25) is 0 Å². The van der Waals surface area contributed by atoms with Gasteiger partial charge < -0.3 is 14.8 Å². The first kappa shape index (κ1) is 21.1. The van der Waals surface area contributed by atoms with Crippen molar-refractivity contribution in [3.05, 3.63) is 22.7 Å². The summed E-state index contributed by atoms with van der Waals surface area (Å²) in [5.74, 6) is 1.49. The molecule has 0 unspecified atom stereocenters. The summed E-state index contributed by atoms with van der Waals surface area (Å²) in [6.45, 7) is 17.3. The number of benzene rings is 1. The first-order valence-corrected chi connectivity index (χ1v) is 9.29. The molecule has 0 aliphatic rings. The van der Waals surface area contributed by atoms with Crippen LogP contribution in [0.4, 0.5) is 0 Å². The van der Waals surface area contributed by atoms with E-state index in [9.17, 15) is 0 Å². The number of halogens is 1. The second-order valence-corrected chi connectivity index (χ2v) is 8.55. The summed E-state index contributed by atoms with van der Waals surface area (Å²) >= 11 is 6.47. The smallest absolute Gasteiger partial charge is 0.162 e. The molecule has 1 N–H and O–H groups in total. The molecule has 0 atom stereocenters. The largest absolute Gasteiger partial charge is 0.490 e. The Morgan fingerprint density at radius 3 is 2.17 bits per heavy atom. The van der Waals surface area contributed by atoms with Crippen molar-refractivity contribution < 1.29 is 9.47 Å². The van der Waals surface area contributed by atoms with Gasteiger partial charge in [-0.15, -0.1) is 0 Å².